The van der Waals surface area contributed by atoms with Gasteiger partial charge in [-0.25, -0.2) is 4.98 Å². The topological polar surface area (TPSA) is 145 Å². The van der Waals surface area contributed by atoms with Gasteiger partial charge in [-0.15, -0.1) is 0 Å². The zero-order valence-corrected chi connectivity index (χ0v) is 13.4. The number of aromatic amines is 1. The van der Waals surface area contributed by atoms with E-state index in [2.05, 4.69) is 15.3 Å². The maximum Gasteiger partial charge on any atom is 0.256 e. The Balaban J connectivity index is 0.000000234. The molecule has 0 saturated carbocycles. The summed E-state index contributed by atoms with van der Waals surface area (Å²) in [7, 11) is 0. The Kier molecular flexibility index (Phi) is 6.90. The normalized spacial score (nSPS) is 12.4. The standard InChI is InChI=1S/C8H11N3OS.C6H8N2.H3N/c1-13-8-10-6-2-3-9-4-5(6)7(12)11-8;7-5-3-1-2-4-6(5)8;/h9H,2-4H2,1H3,(H,10,11,12);1-4H,7-8H2;1H3. The second-order valence-electron chi connectivity index (χ2n) is 4.56. The quantitative estimate of drug-likeness (QED) is 0.301. The number of hydrogen-bond acceptors (Lipinski definition) is 7. The van der Waals surface area contributed by atoms with Crippen LogP contribution in [0.3, 0.4) is 0 Å². The molecular formula is C14H22N6OS. The number of nitrogen functional groups attached to an aromatic ring is 2. The van der Waals surface area contributed by atoms with Gasteiger partial charge >= 0.3 is 0 Å². The summed E-state index contributed by atoms with van der Waals surface area (Å²) in [6.07, 6.45) is 2.76. The molecule has 7 nitrogen and oxygen atoms in total. The first-order chi connectivity index (χ1) is 10.1. The maximum atomic E-state index is 11.5. The summed E-state index contributed by atoms with van der Waals surface area (Å²) >= 11 is 1.47. The maximum absolute atomic E-state index is 11.5. The Labute approximate surface area is 133 Å². The second kappa shape index (κ2) is 8.42. The van der Waals surface area contributed by atoms with E-state index in [1.54, 1.807) is 12.1 Å². The average Bonchev–Trinajstić information content (AvgIpc) is 2.51. The minimum Gasteiger partial charge on any atom is -0.397 e. The van der Waals surface area contributed by atoms with Gasteiger partial charge in [0.05, 0.1) is 22.6 Å². The van der Waals surface area contributed by atoms with Crippen LogP contribution in [0.4, 0.5) is 11.4 Å². The molecule has 0 unspecified atom stereocenters. The molecule has 2 heterocycles. The van der Waals surface area contributed by atoms with Crippen molar-refractivity contribution < 1.29 is 0 Å². The van der Waals surface area contributed by atoms with Gasteiger partial charge in [0.15, 0.2) is 5.16 Å². The van der Waals surface area contributed by atoms with Crippen LogP contribution >= 0.6 is 11.8 Å². The molecule has 0 amide bonds. The smallest absolute Gasteiger partial charge is 0.256 e. The van der Waals surface area contributed by atoms with Crippen molar-refractivity contribution in [2.75, 3.05) is 24.3 Å². The van der Waals surface area contributed by atoms with Crippen molar-refractivity contribution in [2.45, 2.75) is 18.1 Å². The van der Waals surface area contributed by atoms with Crippen molar-refractivity contribution >= 4 is 23.1 Å². The van der Waals surface area contributed by atoms with Crippen LogP contribution in [0.25, 0.3) is 0 Å². The van der Waals surface area contributed by atoms with Crippen molar-refractivity contribution in [2.24, 2.45) is 0 Å². The van der Waals surface area contributed by atoms with Gasteiger partial charge in [-0.1, -0.05) is 23.9 Å². The van der Waals surface area contributed by atoms with E-state index < -0.39 is 0 Å². The second-order valence-corrected chi connectivity index (χ2v) is 5.35. The molecule has 0 saturated heterocycles. The molecule has 1 aliphatic rings. The van der Waals surface area contributed by atoms with Crippen molar-refractivity contribution in [3.8, 4) is 0 Å². The largest absolute Gasteiger partial charge is 0.397 e. The van der Waals surface area contributed by atoms with Crippen LogP contribution < -0.4 is 28.5 Å². The van der Waals surface area contributed by atoms with Crippen LogP contribution in [-0.2, 0) is 13.0 Å². The van der Waals surface area contributed by atoms with Crippen LogP contribution in [0, 0.1) is 0 Å². The fourth-order valence-corrected chi connectivity index (χ4v) is 2.33. The number of nitrogens with one attached hydrogen (secondary N) is 2. The Morgan fingerprint density at radius 3 is 2.41 bits per heavy atom. The minimum absolute atomic E-state index is 0. The lowest BCUT2D eigenvalue weighted by Gasteiger charge is -2.14. The lowest BCUT2D eigenvalue weighted by atomic mass is 10.1. The molecule has 1 aromatic carbocycles. The number of aromatic nitrogens is 2. The van der Waals surface area contributed by atoms with Crippen molar-refractivity contribution in [1.82, 2.24) is 21.4 Å². The van der Waals surface area contributed by atoms with Gasteiger partial charge in [-0.3, -0.25) is 4.79 Å². The van der Waals surface area contributed by atoms with Crippen molar-refractivity contribution in [1.29, 1.82) is 0 Å². The first-order valence-corrected chi connectivity index (χ1v) is 7.81. The van der Waals surface area contributed by atoms with Gasteiger partial charge in [0.25, 0.3) is 5.56 Å². The molecule has 3 rings (SSSR count). The SMILES string of the molecule is CSc1nc2c(c(=O)[nH]1)CNCC2.N.Nc1ccccc1N. The highest BCUT2D eigenvalue weighted by Gasteiger charge is 2.14. The summed E-state index contributed by atoms with van der Waals surface area (Å²) < 4.78 is 0. The van der Waals surface area contributed by atoms with Gasteiger partial charge in [0.2, 0.25) is 0 Å². The minimum atomic E-state index is 0. The lowest BCUT2D eigenvalue weighted by molar-refractivity contribution is 0.609. The van der Waals surface area contributed by atoms with Crippen LogP contribution in [0.2, 0.25) is 0 Å². The third kappa shape index (κ3) is 4.48. The molecule has 22 heavy (non-hydrogen) atoms. The Hall–Kier alpha value is -2.03. The summed E-state index contributed by atoms with van der Waals surface area (Å²) in [5, 5.41) is 3.87. The summed E-state index contributed by atoms with van der Waals surface area (Å²) in [6, 6.07) is 7.25. The molecule has 0 fully saturated rings. The number of fused-ring (bicyclic) bond motifs is 1. The van der Waals surface area contributed by atoms with Gasteiger partial charge in [-0.05, 0) is 18.4 Å². The highest BCUT2D eigenvalue weighted by atomic mass is 32.2. The molecule has 8 heteroatoms. The molecule has 1 aliphatic heterocycles. The number of anilines is 2. The first kappa shape index (κ1) is 18.0. The first-order valence-electron chi connectivity index (χ1n) is 6.58. The molecule has 9 N–H and O–H groups in total. The average molecular weight is 322 g/mol. The van der Waals surface area contributed by atoms with Crippen molar-refractivity contribution in [3.63, 3.8) is 0 Å². The number of hydrogen-bond donors (Lipinski definition) is 5. The molecule has 0 spiro atoms. The highest BCUT2D eigenvalue weighted by molar-refractivity contribution is 7.98. The fourth-order valence-electron chi connectivity index (χ4n) is 1.94. The molecule has 120 valence electrons. The third-order valence-electron chi connectivity index (χ3n) is 3.11. The molecule has 0 radical (unpaired) electrons. The van der Waals surface area contributed by atoms with E-state index in [0.717, 1.165) is 24.2 Å². The number of para-hydroxylation sites is 2. The molecule has 2 aromatic rings. The van der Waals surface area contributed by atoms with Gasteiger partial charge in [0.1, 0.15) is 0 Å². The summed E-state index contributed by atoms with van der Waals surface area (Å²) in [6.45, 7) is 1.56. The van der Waals surface area contributed by atoms with E-state index in [4.69, 9.17) is 11.5 Å². The number of thioether (sulfide) groups is 1. The van der Waals surface area contributed by atoms with E-state index in [1.165, 1.54) is 11.8 Å². The summed E-state index contributed by atoms with van der Waals surface area (Å²) in [5.74, 6) is 0. The number of benzene rings is 1. The molecule has 1 aromatic heterocycles. The fraction of sp³-hybridized carbons (Fsp3) is 0.286. The van der Waals surface area contributed by atoms with Crippen LogP contribution in [0.5, 0.6) is 0 Å². The summed E-state index contributed by atoms with van der Waals surface area (Å²) in [4.78, 5) is 18.6. The summed E-state index contributed by atoms with van der Waals surface area (Å²) in [5.41, 5.74) is 13.8. The predicted molar refractivity (Wildman–Crippen MR) is 92.3 cm³/mol. The van der Waals surface area contributed by atoms with Crippen molar-refractivity contribution in [3.05, 3.63) is 45.9 Å². The molecular weight excluding hydrogens is 300 g/mol. The van der Waals surface area contributed by atoms with E-state index >= 15 is 0 Å². The number of rotatable bonds is 1. The van der Waals surface area contributed by atoms with E-state index in [0.29, 0.717) is 23.1 Å². The monoisotopic (exact) mass is 322 g/mol. The van der Waals surface area contributed by atoms with E-state index in [9.17, 15) is 4.79 Å². The Morgan fingerprint density at radius 1 is 1.23 bits per heavy atom. The Morgan fingerprint density at radius 2 is 1.86 bits per heavy atom. The molecule has 0 atom stereocenters. The van der Waals surface area contributed by atoms with E-state index in [1.807, 2.05) is 18.4 Å². The number of nitrogens with zero attached hydrogens (tertiary/aromatic N) is 1. The van der Waals surface area contributed by atoms with Gasteiger partial charge in [0, 0.05) is 19.5 Å². The predicted octanol–water partition coefficient (Wildman–Crippen LogP) is 1.15. The lowest BCUT2D eigenvalue weighted by Crippen LogP contribution is -2.31. The van der Waals surface area contributed by atoms with Gasteiger partial charge in [-0.2, -0.15) is 0 Å². The van der Waals surface area contributed by atoms with E-state index in [-0.39, 0.29) is 11.7 Å². The number of H-pyrrole nitrogens is 1. The van der Waals surface area contributed by atoms with Crippen LogP contribution in [-0.4, -0.2) is 22.8 Å². The molecule has 0 bridgehead atoms. The highest BCUT2D eigenvalue weighted by Crippen LogP contribution is 2.11. The van der Waals surface area contributed by atoms with Gasteiger partial charge < -0.3 is 27.9 Å². The Bertz CT molecular complexity index is 652. The zero-order chi connectivity index (χ0) is 15.2. The third-order valence-corrected chi connectivity index (χ3v) is 3.69. The van der Waals surface area contributed by atoms with Crippen LogP contribution in [0.15, 0.2) is 34.2 Å². The molecule has 0 aliphatic carbocycles. The number of nitrogens with two attached hydrogens (primary N) is 2. The van der Waals surface area contributed by atoms with Crippen LogP contribution in [0.1, 0.15) is 11.3 Å². The zero-order valence-electron chi connectivity index (χ0n) is 12.6.